The van der Waals surface area contributed by atoms with Crippen LogP contribution in [0.4, 0.5) is 4.39 Å². The Morgan fingerprint density at radius 1 is 1.05 bits per heavy atom. The van der Waals surface area contributed by atoms with Crippen molar-refractivity contribution in [3.8, 4) is 0 Å². The van der Waals surface area contributed by atoms with Gasteiger partial charge in [-0.15, -0.1) is 0 Å². The Hall–Kier alpha value is -1.95. The van der Waals surface area contributed by atoms with E-state index >= 15 is 0 Å². The molecule has 1 saturated carbocycles. The maximum absolute atomic E-state index is 12.8. The zero-order valence-electron chi connectivity index (χ0n) is 12.4. The van der Waals surface area contributed by atoms with Crippen LogP contribution in [-0.2, 0) is 16.0 Å². The van der Waals surface area contributed by atoms with Crippen molar-refractivity contribution in [1.29, 1.82) is 0 Å². The fourth-order valence-corrected chi connectivity index (χ4v) is 2.70. The minimum Gasteiger partial charge on any atom is -0.389 e. The summed E-state index contributed by atoms with van der Waals surface area (Å²) < 4.78 is 12.8. The highest BCUT2D eigenvalue weighted by Crippen LogP contribution is 2.30. The van der Waals surface area contributed by atoms with E-state index in [-0.39, 0.29) is 18.7 Å². The molecule has 2 rings (SSSR count). The lowest BCUT2D eigenvalue weighted by molar-refractivity contribution is -0.132. The molecule has 0 radical (unpaired) electrons. The van der Waals surface area contributed by atoms with Crippen LogP contribution in [0.25, 0.3) is 0 Å². The van der Waals surface area contributed by atoms with Crippen molar-refractivity contribution >= 4 is 11.8 Å². The van der Waals surface area contributed by atoms with E-state index < -0.39 is 17.4 Å². The number of nitrogens with one attached hydrogen (secondary N) is 2. The van der Waals surface area contributed by atoms with Crippen molar-refractivity contribution < 1.29 is 19.1 Å². The number of carbonyl (C=O) groups excluding carboxylic acids is 2. The summed E-state index contributed by atoms with van der Waals surface area (Å²) in [6.45, 7) is 0. The number of hydrogen-bond acceptors (Lipinski definition) is 3. The number of rotatable bonds is 4. The zero-order chi connectivity index (χ0) is 16.0. The smallest absolute Gasteiger partial charge is 0.242 e. The Morgan fingerprint density at radius 2 is 1.64 bits per heavy atom. The van der Waals surface area contributed by atoms with Gasteiger partial charge in [0.15, 0.2) is 0 Å². The summed E-state index contributed by atoms with van der Waals surface area (Å²) >= 11 is 0. The average Bonchev–Trinajstić information content (AvgIpc) is 2.48. The monoisotopic (exact) mass is 308 g/mol. The van der Waals surface area contributed by atoms with E-state index in [2.05, 4.69) is 10.9 Å². The van der Waals surface area contributed by atoms with E-state index in [0.717, 1.165) is 19.3 Å². The third kappa shape index (κ3) is 5.11. The Morgan fingerprint density at radius 3 is 2.27 bits per heavy atom. The first kappa shape index (κ1) is 16.4. The van der Waals surface area contributed by atoms with Gasteiger partial charge >= 0.3 is 0 Å². The van der Waals surface area contributed by atoms with Gasteiger partial charge < -0.3 is 5.11 Å². The van der Waals surface area contributed by atoms with Crippen molar-refractivity contribution in [2.45, 2.75) is 50.5 Å². The van der Waals surface area contributed by atoms with Gasteiger partial charge in [-0.05, 0) is 30.5 Å². The molecule has 0 spiro atoms. The first-order valence-electron chi connectivity index (χ1n) is 7.51. The molecule has 1 fully saturated rings. The minimum absolute atomic E-state index is 0.0101. The van der Waals surface area contributed by atoms with Gasteiger partial charge in [0.25, 0.3) is 0 Å². The fourth-order valence-electron chi connectivity index (χ4n) is 2.70. The molecule has 2 amide bonds. The van der Waals surface area contributed by atoms with Crippen LogP contribution in [0.3, 0.4) is 0 Å². The second kappa shape index (κ2) is 7.35. The molecule has 1 aliphatic rings. The molecule has 0 heterocycles. The summed E-state index contributed by atoms with van der Waals surface area (Å²) in [5, 5.41) is 10.3. The van der Waals surface area contributed by atoms with Crippen molar-refractivity contribution in [1.82, 2.24) is 10.9 Å². The lowest BCUT2D eigenvalue weighted by Crippen LogP contribution is -2.46. The molecule has 22 heavy (non-hydrogen) atoms. The number of carbonyl (C=O) groups is 2. The molecule has 1 aromatic rings. The van der Waals surface area contributed by atoms with Gasteiger partial charge in [-0.25, -0.2) is 4.39 Å². The standard InChI is InChI=1S/C16H21FN2O3/c17-13-6-4-12(5-7-13)10-14(20)18-19-15(21)11-16(22)8-2-1-3-9-16/h4-7,22H,1-3,8-11H2,(H,18,20)(H,19,21). The van der Waals surface area contributed by atoms with Crippen LogP contribution >= 0.6 is 0 Å². The Kier molecular flexibility index (Phi) is 5.49. The number of hydrazine groups is 1. The highest BCUT2D eigenvalue weighted by Gasteiger charge is 2.31. The molecule has 120 valence electrons. The number of hydrogen-bond donors (Lipinski definition) is 3. The summed E-state index contributed by atoms with van der Waals surface area (Å²) in [7, 11) is 0. The van der Waals surface area contributed by atoms with Crippen molar-refractivity contribution in [3.63, 3.8) is 0 Å². The summed E-state index contributed by atoms with van der Waals surface area (Å²) in [5.41, 5.74) is 4.32. The van der Waals surface area contributed by atoms with Gasteiger partial charge in [0.1, 0.15) is 5.82 Å². The largest absolute Gasteiger partial charge is 0.389 e. The molecule has 0 unspecified atom stereocenters. The molecule has 0 aliphatic heterocycles. The van der Waals surface area contributed by atoms with Gasteiger partial charge in [0.2, 0.25) is 11.8 Å². The first-order valence-corrected chi connectivity index (χ1v) is 7.51. The van der Waals surface area contributed by atoms with Crippen molar-refractivity contribution in [3.05, 3.63) is 35.6 Å². The average molecular weight is 308 g/mol. The SMILES string of the molecule is O=C(Cc1ccc(F)cc1)NNC(=O)CC1(O)CCCCC1. The second-order valence-corrected chi connectivity index (χ2v) is 5.86. The topological polar surface area (TPSA) is 78.4 Å². The number of aliphatic hydroxyl groups is 1. The van der Waals surface area contributed by atoms with E-state index in [0.29, 0.717) is 18.4 Å². The van der Waals surface area contributed by atoms with Gasteiger partial charge in [-0.3, -0.25) is 20.4 Å². The molecule has 1 aliphatic carbocycles. The van der Waals surface area contributed by atoms with E-state index in [1.54, 1.807) is 0 Å². The van der Waals surface area contributed by atoms with E-state index in [1.807, 2.05) is 0 Å². The Bertz CT molecular complexity index is 525. The van der Waals surface area contributed by atoms with Crippen LogP contribution in [0.5, 0.6) is 0 Å². The Balaban J connectivity index is 1.73. The summed E-state index contributed by atoms with van der Waals surface area (Å²) in [4.78, 5) is 23.5. The number of amides is 2. The predicted molar refractivity (Wildman–Crippen MR) is 79.0 cm³/mol. The molecular weight excluding hydrogens is 287 g/mol. The van der Waals surface area contributed by atoms with Gasteiger partial charge in [-0.1, -0.05) is 31.4 Å². The normalized spacial score (nSPS) is 16.8. The molecule has 0 saturated heterocycles. The van der Waals surface area contributed by atoms with Crippen LogP contribution in [0.2, 0.25) is 0 Å². The molecule has 5 nitrogen and oxygen atoms in total. The van der Waals surface area contributed by atoms with Gasteiger partial charge in [0, 0.05) is 0 Å². The number of benzene rings is 1. The molecule has 3 N–H and O–H groups in total. The third-order valence-electron chi connectivity index (χ3n) is 3.89. The third-order valence-corrected chi connectivity index (χ3v) is 3.89. The van der Waals surface area contributed by atoms with Crippen LogP contribution in [0, 0.1) is 5.82 Å². The molecular formula is C16H21FN2O3. The first-order chi connectivity index (χ1) is 10.5. The summed E-state index contributed by atoms with van der Waals surface area (Å²) in [5.74, 6) is -1.16. The second-order valence-electron chi connectivity index (χ2n) is 5.86. The quantitative estimate of drug-likeness (QED) is 0.739. The lowest BCUT2D eigenvalue weighted by Gasteiger charge is -2.31. The highest BCUT2D eigenvalue weighted by molar-refractivity contribution is 5.83. The maximum atomic E-state index is 12.8. The number of halogens is 1. The summed E-state index contributed by atoms with van der Waals surface area (Å²) in [6, 6.07) is 5.59. The van der Waals surface area contributed by atoms with Crippen LogP contribution in [0.1, 0.15) is 44.1 Å². The summed E-state index contributed by atoms with van der Waals surface area (Å²) in [6.07, 6.45) is 4.18. The molecule has 6 heteroatoms. The lowest BCUT2D eigenvalue weighted by atomic mass is 9.82. The molecule has 0 aromatic heterocycles. The van der Waals surface area contributed by atoms with Crippen molar-refractivity contribution in [2.75, 3.05) is 0 Å². The Labute approximate surface area is 128 Å². The molecule has 0 bridgehead atoms. The van der Waals surface area contributed by atoms with E-state index in [1.165, 1.54) is 24.3 Å². The van der Waals surface area contributed by atoms with Crippen molar-refractivity contribution in [2.24, 2.45) is 0 Å². The highest BCUT2D eigenvalue weighted by atomic mass is 19.1. The van der Waals surface area contributed by atoms with Gasteiger partial charge in [-0.2, -0.15) is 0 Å². The van der Waals surface area contributed by atoms with E-state index in [9.17, 15) is 19.1 Å². The van der Waals surface area contributed by atoms with Crippen LogP contribution < -0.4 is 10.9 Å². The minimum atomic E-state index is -0.954. The maximum Gasteiger partial charge on any atom is 0.242 e. The predicted octanol–water partition coefficient (Wildman–Crippen LogP) is 1.60. The molecule has 1 aromatic carbocycles. The van der Waals surface area contributed by atoms with Crippen LogP contribution in [0.15, 0.2) is 24.3 Å². The van der Waals surface area contributed by atoms with Crippen LogP contribution in [-0.4, -0.2) is 22.5 Å². The zero-order valence-corrected chi connectivity index (χ0v) is 12.4. The fraction of sp³-hybridized carbons (Fsp3) is 0.500. The molecule has 0 atom stereocenters. The van der Waals surface area contributed by atoms with E-state index in [4.69, 9.17) is 0 Å². The van der Waals surface area contributed by atoms with Gasteiger partial charge in [0.05, 0.1) is 18.4 Å².